The number of hydrogen-bond donors (Lipinski definition) is 1. The van der Waals surface area contributed by atoms with E-state index >= 15 is 0 Å². The van der Waals surface area contributed by atoms with Gasteiger partial charge in [-0.05, 0) is 38.5 Å². The van der Waals surface area contributed by atoms with Gasteiger partial charge in [0.1, 0.15) is 12.6 Å². The van der Waals surface area contributed by atoms with Crippen LogP contribution in [0.4, 0.5) is 0 Å². The fourth-order valence-electron chi connectivity index (χ4n) is 11.4. The first-order valence-corrected chi connectivity index (χ1v) is 33.8. The Hall–Kier alpha value is -0.170. The predicted molar refractivity (Wildman–Crippen MR) is 307 cm³/mol. The lowest BCUT2D eigenvalue weighted by Crippen LogP contribution is -2.55. The summed E-state index contributed by atoms with van der Waals surface area (Å²) in [7, 11) is -4.47. The molecule has 0 aromatic carbocycles. The number of unbranched alkanes of at least 4 members (excludes halogenated alkanes) is 51. The summed E-state index contributed by atoms with van der Waals surface area (Å²) in [5, 5.41) is 11.1. The number of aliphatic hydroxyl groups excluding tert-OH is 1. The summed E-state index contributed by atoms with van der Waals surface area (Å²) < 4.78 is 36.2. The average molecular weight is 997 g/mol. The maximum atomic E-state index is 11.8. The second kappa shape index (κ2) is 55.6. The molecule has 0 aliphatic heterocycles. The molecular formula is C63H129NO4S. The summed E-state index contributed by atoms with van der Waals surface area (Å²) in [6.07, 6.45) is 72.7. The number of aliphatic hydroxyl groups is 1. The van der Waals surface area contributed by atoms with Gasteiger partial charge in [0.15, 0.2) is 0 Å². The van der Waals surface area contributed by atoms with Crippen LogP contribution in [0, 0.1) is 0 Å². The minimum absolute atomic E-state index is 0.415. The first kappa shape index (κ1) is 68.8. The van der Waals surface area contributed by atoms with Crippen LogP contribution >= 0.6 is 0 Å². The van der Waals surface area contributed by atoms with Crippen LogP contribution in [-0.4, -0.2) is 60.6 Å². The summed E-state index contributed by atoms with van der Waals surface area (Å²) in [5.41, 5.74) is 0. The molecule has 0 radical (unpaired) electrons. The van der Waals surface area contributed by atoms with Gasteiger partial charge in [-0.15, -0.1) is 0 Å². The van der Waals surface area contributed by atoms with Crippen molar-refractivity contribution in [3.63, 3.8) is 0 Å². The molecule has 0 rings (SSSR count). The first-order valence-electron chi connectivity index (χ1n) is 32.2. The Morgan fingerprint density at radius 1 is 0.290 bits per heavy atom. The largest absolute Gasteiger partial charge is 0.748 e. The van der Waals surface area contributed by atoms with E-state index in [4.69, 9.17) is 0 Å². The number of hydrogen-bond acceptors (Lipinski definition) is 4. The third-order valence-electron chi connectivity index (χ3n) is 16.0. The summed E-state index contributed by atoms with van der Waals surface area (Å²) in [6, 6.07) is 0. The maximum Gasteiger partial charge on any atom is 0.116 e. The first-order chi connectivity index (χ1) is 33.8. The van der Waals surface area contributed by atoms with Gasteiger partial charge in [-0.2, -0.15) is 0 Å². The van der Waals surface area contributed by atoms with Crippen molar-refractivity contribution in [3.8, 4) is 0 Å². The van der Waals surface area contributed by atoms with Gasteiger partial charge in [-0.3, -0.25) is 0 Å². The molecule has 0 aliphatic rings. The topological polar surface area (TPSA) is 77.4 Å². The molecule has 1 unspecified atom stereocenters. The average Bonchev–Trinajstić information content (AvgIpc) is 3.32. The van der Waals surface area contributed by atoms with E-state index in [1.54, 1.807) is 0 Å². The van der Waals surface area contributed by atoms with Gasteiger partial charge >= 0.3 is 0 Å². The fourth-order valence-corrected chi connectivity index (χ4v) is 12.0. The van der Waals surface area contributed by atoms with Crippen LogP contribution in [-0.2, 0) is 10.1 Å². The Labute approximate surface area is 436 Å². The molecule has 416 valence electrons. The zero-order chi connectivity index (χ0) is 50.3. The molecule has 0 heterocycles. The summed E-state index contributed by atoms with van der Waals surface area (Å²) in [4.78, 5) is 0. The Balaban J connectivity index is 4.75. The zero-order valence-electron chi connectivity index (χ0n) is 47.8. The van der Waals surface area contributed by atoms with Crippen molar-refractivity contribution >= 4 is 10.1 Å². The van der Waals surface area contributed by atoms with E-state index in [1.807, 2.05) is 0 Å². The minimum atomic E-state index is -4.47. The van der Waals surface area contributed by atoms with Crippen molar-refractivity contribution in [1.82, 2.24) is 0 Å². The lowest BCUT2D eigenvalue weighted by atomic mass is 10.0. The van der Waals surface area contributed by atoms with Crippen molar-refractivity contribution in [2.75, 3.05) is 31.9 Å². The molecule has 5 nitrogen and oxygen atoms in total. The smallest absolute Gasteiger partial charge is 0.116 e. The SMILES string of the molecule is CCCCCCCCCCCCCCCCCCCC[N+](CCCCCCCCCCCCCCCCCCCC)(CCCCCCCCCCCCCCCCCCCC)CC(O)CS(=O)(=O)[O-]. The number of quaternary nitrogens is 1. The minimum Gasteiger partial charge on any atom is -0.748 e. The van der Waals surface area contributed by atoms with Crippen LogP contribution < -0.4 is 0 Å². The van der Waals surface area contributed by atoms with Gasteiger partial charge in [0.2, 0.25) is 0 Å². The Kier molecular flexibility index (Phi) is 55.4. The summed E-state index contributed by atoms with van der Waals surface area (Å²) in [6.45, 7) is 10.3. The molecule has 0 saturated heterocycles. The second-order valence-corrected chi connectivity index (χ2v) is 24.6. The number of rotatable bonds is 61. The van der Waals surface area contributed by atoms with Gasteiger partial charge in [0, 0.05) is 0 Å². The molecule has 0 amide bonds. The van der Waals surface area contributed by atoms with Crippen molar-refractivity contribution in [2.45, 2.75) is 374 Å². The quantitative estimate of drug-likeness (QED) is 0.0374. The van der Waals surface area contributed by atoms with Crippen LogP contribution in [0.3, 0.4) is 0 Å². The monoisotopic (exact) mass is 996 g/mol. The van der Waals surface area contributed by atoms with E-state index in [-0.39, 0.29) is 0 Å². The molecule has 0 fully saturated rings. The fraction of sp³-hybridized carbons (Fsp3) is 1.00. The molecule has 6 heteroatoms. The molecule has 0 aliphatic carbocycles. The van der Waals surface area contributed by atoms with Gasteiger partial charge < -0.3 is 14.1 Å². The van der Waals surface area contributed by atoms with Crippen LogP contribution in [0.1, 0.15) is 367 Å². The third-order valence-corrected chi connectivity index (χ3v) is 16.7. The van der Waals surface area contributed by atoms with Crippen LogP contribution in [0.5, 0.6) is 0 Å². The van der Waals surface area contributed by atoms with E-state index < -0.39 is 22.0 Å². The van der Waals surface area contributed by atoms with Crippen molar-refractivity contribution in [3.05, 3.63) is 0 Å². The van der Waals surface area contributed by atoms with Crippen LogP contribution in [0.15, 0.2) is 0 Å². The molecule has 0 bridgehead atoms. The summed E-state index contributed by atoms with van der Waals surface area (Å²) >= 11 is 0. The van der Waals surface area contributed by atoms with Gasteiger partial charge in [-0.1, -0.05) is 329 Å². The van der Waals surface area contributed by atoms with E-state index in [2.05, 4.69) is 20.8 Å². The highest BCUT2D eigenvalue weighted by molar-refractivity contribution is 7.85. The zero-order valence-corrected chi connectivity index (χ0v) is 48.6. The molecular weight excluding hydrogens is 867 g/mol. The van der Waals surface area contributed by atoms with E-state index in [0.717, 1.165) is 43.4 Å². The Morgan fingerprint density at radius 2 is 0.435 bits per heavy atom. The highest BCUT2D eigenvalue weighted by Crippen LogP contribution is 2.22. The Morgan fingerprint density at radius 3 is 0.580 bits per heavy atom. The molecule has 1 N–H and O–H groups in total. The maximum absolute atomic E-state index is 11.8. The molecule has 0 saturated carbocycles. The van der Waals surface area contributed by atoms with Gasteiger partial charge in [0.05, 0.1) is 35.5 Å². The highest BCUT2D eigenvalue weighted by Gasteiger charge is 2.30. The standard InChI is InChI=1S/C63H129NO4S/c1-4-7-10-13-16-19-22-25-28-31-34-37-40-43-46-49-52-55-58-64(61-63(65)62-69(66,67)68,59-56-53-50-47-44-41-38-35-32-29-26-23-20-17-14-11-8-5-2)60-57-54-51-48-45-42-39-36-33-30-27-24-21-18-15-12-9-6-3/h63,65H,4-62H2,1-3H3. The van der Waals surface area contributed by atoms with E-state index in [1.165, 1.54) is 327 Å². The van der Waals surface area contributed by atoms with Crippen molar-refractivity contribution in [2.24, 2.45) is 0 Å². The van der Waals surface area contributed by atoms with E-state index in [0.29, 0.717) is 6.54 Å². The highest BCUT2D eigenvalue weighted by atomic mass is 32.2. The van der Waals surface area contributed by atoms with Gasteiger partial charge in [-0.25, -0.2) is 8.42 Å². The van der Waals surface area contributed by atoms with Crippen LogP contribution in [0.2, 0.25) is 0 Å². The lowest BCUT2D eigenvalue weighted by molar-refractivity contribution is -0.931. The van der Waals surface area contributed by atoms with Gasteiger partial charge in [0.25, 0.3) is 0 Å². The van der Waals surface area contributed by atoms with Crippen molar-refractivity contribution in [1.29, 1.82) is 0 Å². The third kappa shape index (κ3) is 55.4. The van der Waals surface area contributed by atoms with E-state index in [9.17, 15) is 18.1 Å². The lowest BCUT2D eigenvalue weighted by Gasteiger charge is -2.41. The summed E-state index contributed by atoms with van der Waals surface area (Å²) in [5.74, 6) is -0.648. The predicted octanol–water partition coefficient (Wildman–Crippen LogP) is 20.8. The number of nitrogens with zero attached hydrogens (tertiary/aromatic N) is 1. The molecule has 0 aromatic rings. The Bertz CT molecular complexity index is 969. The molecule has 0 aromatic heterocycles. The van der Waals surface area contributed by atoms with Crippen LogP contribution in [0.25, 0.3) is 0 Å². The normalized spacial score (nSPS) is 12.7. The van der Waals surface area contributed by atoms with Crippen molar-refractivity contribution < 1.29 is 22.6 Å². The molecule has 0 spiro atoms. The molecule has 69 heavy (non-hydrogen) atoms. The molecule has 1 atom stereocenters. The second-order valence-electron chi connectivity index (χ2n) is 23.1.